The van der Waals surface area contributed by atoms with E-state index in [1.165, 1.54) is 6.07 Å². The van der Waals surface area contributed by atoms with E-state index in [4.69, 9.17) is 5.73 Å². The molecule has 21 heavy (non-hydrogen) atoms. The molecule has 114 valence electrons. The fourth-order valence-corrected chi connectivity index (χ4v) is 2.78. The minimum absolute atomic E-state index is 0.00890. The molecule has 1 aromatic heterocycles. The third kappa shape index (κ3) is 3.29. The number of rotatable bonds is 3. The molecule has 1 saturated carbocycles. The van der Waals surface area contributed by atoms with Crippen LogP contribution in [0, 0.1) is 22.0 Å². The molecule has 0 aliphatic heterocycles. The van der Waals surface area contributed by atoms with Crippen LogP contribution in [0.4, 0.5) is 11.5 Å². The largest absolute Gasteiger partial charge is 0.383 e. The maximum Gasteiger partial charge on any atom is 0.288 e. The highest BCUT2D eigenvalue weighted by molar-refractivity contribution is 5.99. The summed E-state index contributed by atoms with van der Waals surface area (Å²) in [6, 6.07) is 1.24. The topological polar surface area (TPSA) is 111 Å². The number of pyridine rings is 1. The number of carbonyl (C=O) groups excluding carboxylic acids is 1. The molecule has 1 aliphatic carbocycles. The van der Waals surface area contributed by atoms with Crippen LogP contribution in [0.3, 0.4) is 0 Å². The molecule has 0 spiro atoms. The Kier molecular flexibility index (Phi) is 4.40. The Hall–Kier alpha value is -2.18. The van der Waals surface area contributed by atoms with E-state index in [9.17, 15) is 14.9 Å². The first kappa shape index (κ1) is 15.2. The summed E-state index contributed by atoms with van der Waals surface area (Å²) in [5.41, 5.74) is 5.49. The first-order chi connectivity index (χ1) is 9.90. The number of hydrogen-bond acceptors (Lipinski definition) is 5. The fraction of sp³-hybridized carbons (Fsp3) is 0.571. The Bertz CT molecular complexity index is 561. The predicted octanol–water partition coefficient (Wildman–Crippen LogP) is 2.13. The van der Waals surface area contributed by atoms with Gasteiger partial charge < -0.3 is 11.1 Å². The summed E-state index contributed by atoms with van der Waals surface area (Å²) in [6.07, 6.45) is 4.20. The van der Waals surface area contributed by atoms with E-state index in [0.29, 0.717) is 11.8 Å². The molecule has 7 nitrogen and oxygen atoms in total. The van der Waals surface area contributed by atoms with Gasteiger partial charge in [0.1, 0.15) is 12.0 Å². The van der Waals surface area contributed by atoms with Crippen molar-refractivity contribution in [3.05, 3.63) is 27.9 Å². The van der Waals surface area contributed by atoms with Crippen LogP contribution in [0.2, 0.25) is 0 Å². The zero-order chi connectivity index (χ0) is 15.6. The summed E-state index contributed by atoms with van der Waals surface area (Å²) in [5.74, 6) is 0.532. The van der Waals surface area contributed by atoms with Gasteiger partial charge in [-0.15, -0.1) is 0 Å². The van der Waals surface area contributed by atoms with Crippen molar-refractivity contribution in [3.8, 4) is 0 Å². The molecule has 7 heteroatoms. The number of nitrogens with two attached hydrogens (primary N) is 1. The van der Waals surface area contributed by atoms with Crippen molar-refractivity contribution in [1.29, 1.82) is 0 Å². The molecule has 1 aliphatic rings. The molecule has 2 rings (SSSR count). The number of amides is 1. The number of nitrogens with zero attached hydrogens (tertiary/aromatic N) is 2. The van der Waals surface area contributed by atoms with Gasteiger partial charge in [0.25, 0.3) is 11.6 Å². The van der Waals surface area contributed by atoms with Crippen molar-refractivity contribution < 1.29 is 9.72 Å². The predicted molar refractivity (Wildman–Crippen MR) is 78.7 cm³/mol. The lowest BCUT2D eigenvalue weighted by Crippen LogP contribution is -2.43. The normalized spacial score (nSPS) is 25.3. The highest BCUT2D eigenvalue weighted by atomic mass is 16.6. The maximum atomic E-state index is 12.3. The average molecular weight is 292 g/mol. The quantitative estimate of drug-likeness (QED) is 0.654. The number of nitrogen functional groups attached to an aromatic ring is 1. The van der Waals surface area contributed by atoms with E-state index in [1.54, 1.807) is 0 Å². The minimum Gasteiger partial charge on any atom is -0.383 e. The maximum absolute atomic E-state index is 12.3. The van der Waals surface area contributed by atoms with E-state index in [1.807, 2.05) is 0 Å². The summed E-state index contributed by atoms with van der Waals surface area (Å²) >= 11 is 0. The number of nitro groups is 1. The zero-order valence-corrected chi connectivity index (χ0v) is 12.2. The van der Waals surface area contributed by atoms with Crippen LogP contribution < -0.4 is 11.1 Å². The van der Waals surface area contributed by atoms with Gasteiger partial charge in [0.2, 0.25) is 0 Å². The molecule has 0 bridgehead atoms. The Balaban J connectivity index is 2.16. The van der Waals surface area contributed by atoms with E-state index >= 15 is 0 Å². The molecule has 1 aromatic rings. The van der Waals surface area contributed by atoms with E-state index in [0.717, 1.165) is 25.5 Å². The first-order valence-corrected chi connectivity index (χ1v) is 7.11. The summed E-state index contributed by atoms with van der Waals surface area (Å²) in [4.78, 5) is 26.2. The first-order valence-electron chi connectivity index (χ1n) is 7.11. The molecule has 0 aromatic carbocycles. The van der Waals surface area contributed by atoms with Crippen molar-refractivity contribution in [3.63, 3.8) is 0 Å². The summed E-state index contributed by atoms with van der Waals surface area (Å²) in [5, 5.41) is 13.7. The minimum atomic E-state index is -0.589. The molecule has 1 fully saturated rings. The third-order valence-corrected chi connectivity index (χ3v) is 4.38. The molecule has 0 saturated heterocycles. The SMILES string of the molecule is CC1CCCC(NC(=O)c2cc([N+](=O)[O-])cnc2N)C1C. The second-order valence-electron chi connectivity index (χ2n) is 5.73. The summed E-state index contributed by atoms with van der Waals surface area (Å²) in [6.45, 7) is 4.29. The van der Waals surface area contributed by atoms with Crippen LogP contribution in [-0.2, 0) is 0 Å². The summed E-state index contributed by atoms with van der Waals surface area (Å²) in [7, 11) is 0. The van der Waals surface area contributed by atoms with Crippen molar-refractivity contribution in [1.82, 2.24) is 10.3 Å². The van der Waals surface area contributed by atoms with Crippen molar-refractivity contribution in [2.24, 2.45) is 11.8 Å². The molecular weight excluding hydrogens is 272 g/mol. The third-order valence-electron chi connectivity index (χ3n) is 4.38. The van der Waals surface area contributed by atoms with Gasteiger partial charge in [0, 0.05) is 12.1 Å². The lowest BCUT2D eigenvalue weighted by molar-refractivity contribution is -0.385. The van der Waals surface area contributed by atoms with Gasteiger partial charge in [-0.05, 0) is 18.3 Å². The van der Waals surface area contributed by atoms with Crippen molar-refractivity contribution in [2.45, 2.75) is 39.2 Å². The monoisotopic (exact) mass is 292 g/mol. The average Bonchev–Trinajstić information content (AvgIpc) is 2.44. The van der Waals surface area contributed by atoms with Gasteiger partial charge in [0.15, 0.2) is 0 Å². The Morgan fingerprint density at radius 1 is 1.48 bits per heavy atom. The van der Waals surface area contributed by atoms with E-state index < -0.39 is 10.8 Å². The zero-order valence-electron chi connectivity index (χ0n) is 12.2. The smallest absolute Gasteiger partial charge is 0.288 e. The van der Waals surface area contributed by atoms with Crippen molar-refractivity contribution in [2.75, 3.05) is 5.73 Å². The number of hydrogen-bond donors (Lipinski definition) is 2. The fourth-order valence-electron chi connectivity index (χ4n) is 2.78. The van der Waals surface area contributed by atoms with Crippen molar-refractivity contribution >= 4 is 17.4 Å². The molecular formula is C14H20N4O3. The van der Waals surface area contributed by atoms with Crippen LogP contribution in [0.1, 0.15) is 43.5 Å². The Morgan fingerprint density at radius 3 is 2.86 bits per heavy atom. The number of nitrogens with one attached hydrogen (secondary N) is 1. The lowest BCUT2D eigenvalue weighted by atomic mass is 9.78. The van der Waals surface area contributed by atoms with Crippen LogP contribution >= 0.6 is 0 Å². The van der Waals surface area contributed by atoms with E-state index in [-0.39, 0.29) is 23.1 Å². The highest BCUT2D eigenvalue weighted by Gasteiger charge is 2.29. The van der Waals surface area contributed by atoms with Gasteiger partial charge in [-0.25, -0.2) is 4.98 Å². The Morgan fingerprint density at radius 2 is 2.19 bits per heavy atom. The van der Waals surface area contributed by atoms with Crippen LogP contribution in [0.5, 0.6) is 0 Å². The van der Waals surface area contributed by atoms with Gasteiger partial charge in [-0.3, -0.25) is 14.9 Å². The number of carbonyl (C=O) groups is 1. The van der Waals surface area contributed by atoms with Gasteiger partial charge in [-0.2, -0.15) is 0 Å². The van der Waals surface area contributed by atoms with Gasteiger partial charge >= 0.3 is 0 Å². The molecule has 1 amide bonds. The molecule has 3 atom stereocenters. The van der Waals surface area contributed by atoms with Crippen LogP contribution in [0.15, 0.2) is 12.3 Å². The second-order valence-corrected chi connectivity index (χ2v) is 5.73. The standard InChI is InChI=1S/C14H20N4O3/c1-8-4-3-5-12(9(8)2)17-14(19)11-6-10(18(20)21)7-16-13(11)15/h6-9,12H,3-5H2,1-2H3,(H2,15,16)(H,17,19). The number of aromatic nitrogens is 1. The second kappa shape index (κ2) is 6.07. The van der Waals surface area contributed by atoms with Gasteiger partial charge in [0.05, 0.1) is 10.5 Å². The molecule has 3 unspecified atom stereocenters. The van der Waals surface area contributed by atoms with Crippen LogP contribution in [0.25, 0.3) is 0 Å². The van der Waals surface area contributed by atoms with Gasteiger partial charge in [-0.1, -0.05) is 26.7 Å². The Labute approximate surface area is 123 Å². The molecule has 1 heterocycles. The number of anilines is 1. The molecule has 0 radical (unpaired) electrons. The van der Waals surface area contributed by atoms with E-state index in [2.05, 4.69) is 24.1 Å². The lowest BCUT2D eigenvalue weighted by Gasteiger charge is -2.34. The van der Waals surface area contributed by atoms with Crippen LogP contribution in [-0.4, -0.2) is 21.9 Å². The molecule has 3 N–H and O–H groups in total. The summed E-state index contributed by atoms with van der Waals surface area (Å²) < 4.78 is 0. The highest BCUT2D eigenvalue weighted by Crippen LogP contribution is 2.30.